The average molecular weight is 295 g/mol. The third-order valence-corrected chi connectivity index (χ3v) is 4.10. The minimum Gasteiger partial charge on any atom is -0.377 e. The van der Waals surface area contributed by atoms with Crippen LogP contribution in [-0.4, -0.2) is 26.9 Å². The summed E-state index contributed by atoms with van der Waals surface area (Å²) < 4.78 is 6.77. The second kappa shape index (κ2) is 4.88. The van der Waals surface area contributed by atoms with Gasteiger partial charge in [-0.3, -0.25) is 0 Å². The van der Waals surface area contributed by atoms with Gasteiger partial charge in [0.25, 0.3) is 0 Å². The summed E-state index contributed by atoms with van der Waals surface area (Å²) in [5.74, 6) is 0.693. The summed E-state index contributed by atoms with van der Waals surface area (Å²) in [7, 11) is 1.62. The highest BCUT2D eigenvalue weighted by Gasteiger charge is 2.13. The largest absolute Gasteiger partial charge is 0.377 e. The van der Waals surface area contributed by atoms with Gasteiger partial charge < -0.3 is 4.74 Å². The molecule has 0 saturated heterocycles. The minimum atomic E-state index is 0.388. The van der Waals surface area contributed by atoms with E-state index in [-0.39, 0.29) is 0 Å². The number of benzene rings is 1. The van der Waals surface area contributed by atoms with Crippen LogP contribution in [0.15, 0.2) is 18.2 Å². The van der Waals surface area contributed by atoms with Crippen LogP contribution in [0.1, 0.15) is 11.4 Å². The molecule has 0 spiro atoms. The quantitative estimate of drug-likeness (QED) is 0.745. The Morgan fingerprint density at radius 3 is 2.95 bits per heavy atom. The maximum absolute atomic E-state index is 6.14. The van der Waals surface area contributed by atoms with Gasteiger partial charge >= 0.3 is 0 Å². The Kier molecular flexibility index (Phi) is 3.22. The standard InChI is InChI=1S/C12H11ClN4OS/c1-7-3-4-8(5-9(7)13)11-16-17-10(6-18-2)14-15-12(17)19-11/h3-5H,6H2,1-2H3. The number of hydrogen-bond donors (Lipinski definition) is 0. The van der Waals surface area contributed by atoms with Crippen molar-refractivity contribution in [2.45, 2.75) is 13.5 Å². The van der Waals surface area contributed by atoms with Crippen LogP contribution in [0.2, 0.25) is 5.02 Å². The van der Waals surface area contributed by atoms with Crippen LogP contribution < -0.4 is 0 Å². The normalized spacial score (nSPS) is 11.3. The SMILES string of the molecule is COCc1nnc2sc(-c3ccc(C)c(Cl)c3)nn12. The number of halogens is 1. The van der Waals surface area contributed by atoms with Gasteiger partial charge in [-0.15, -0.1) is 10.2 Å². The molecule has 7 heteroatoms. The number of aromatic nitrogens is 4. The highest BCUT2D eigenvalue weighted by Crippen LogP contribution is 2.28. The molecule has 0 saturated carbocycles. The molecule has 0 fully saturated rings. The number of nitrogens with zero attached hydrogens (tertiary/aromatic N) is 4. The lowest BCUT2D eigenvalue weighted by Gasteiger charge is -2.00. The molecular weight excluding hydrogens is 284 g/mol. The molecule has 0 bridgehead atoms. The lowest BCUT2D eigenvalue weighted by Crippen LogP contribution is -1.97. The smallest absolute Gasteiger partial charge is 0.235 e. The molecule has 5 nitrogen and oxygen atoms in total. The minimum absolute atomic E-state index is 0.388. The fraction of sp³-hybridized carbons (Fsp3) is 0.250. The Bertz CT molecular complexity index is 736. The van der Waals surface area contributed by atoms with Crippen molar-refractivity contribution in [3.8, 4) is 10.6 Å². The molecule has 1 aromatic carbocycles. The lowest BCUT2D eigenvalue weighted by atomic mass is 10.2. The van der Waals surface area contributed by atoms with Crippen LogP contribution in [0, 0.1) is 6.92 Å². The summed E-state index contributed by atoms with van der Waals surface area (Å²) in [5, 5.41) is 14.2. The van der Waals surface area contributed by atoms with E-state index in [2.05, 4.69) is 15.3 Å². The topological polar surface area (TPSA) is 52.3 Å². The fourth-order valence-electron chi connectivity index (χ4n) is 1.72. The van der Waals surface area contributed by atoms with Crippen molar-refractivity contribution in [1.82, 2.24) is 19.8 Å². The van der Waals surface area contributed by atoms with Crippen LogP contribution in [-0.2, 0) is 11.3 Å². The molecule has 3 rings (SSSR count). The Morgan fingerprint density at radius 2 is 2.21 bits per heavy atom. The highest BCUT2D eigenvalue weighted by molar-refractivity contribution is 7.19. The number of fused-ring (bicyclic) bond motifs is 1. The molecule has 19 heavy (non-hydrogen) atoms. The van der Waals surface area contributed by atoms with Crippen LogP contribution >= 0.6 is 22.9 Å². The van der Waals surface area contributed by atoms with Crippen molar-refractivity contribution in [1.29, 1.82) is 0 Å². The Morgan fingerprint density at radius 1 is 1.37 bits per heavy atom. The van der Waals surface area contributed by atoms with Gasteiger partial charge in [-0.05, 0) is 18.6 Å². The van der Waals surface area contributed by atoms with Crippen molar-refractivity contribution < 1.29 is 4.74 Å². The van der Waals surface area contributed by atoms with Gasteiger partial charge in [-0.25, -0.2) is 0 Å². The van der Waals surface area contributed by atoms with Crippen molar-refractivity contribution >= 4 is 27.9 Å². The Labute approximate surface area is 118 Å². The third kappa shape index (κ3) is 2.22. The van der Waals surface area contributed by atoms with Crippen LogP contribution in [0.25, 0.3) is 15.5 Å². The highest BCUT2D eigenvalue weighted by atomic mass is 35.5. The zero-order chi connectivity index (χ0) is 13.4. The first-order chi connectivity index (χ1) is 9.19. The maximum Gasteiger partial charge on any atom is 0.235 e. The molecule has 0 unspecified atom stereocenters. The predicted octanol–water partition coefficient (Wildman–Crippen LogP) is 2.96. The van der Waals surface area contributed by atoms with Crippen molar-refractivity contribution in [3.05, 3.63) is 34.6 Å². The van der Waals surface area contributed by atoms with E-state index in [9.17, 15) is 0 Å². The summed E-state index contributed by atoms with van der Waals surface area (Å²) >= 11 is 7.62. The third-order valence-electron chi connectivity index (χ3n) is 2.75. The van der Waals surface area contributed by atoms with E-state index in [1.54, 1.807) is 11.6 Å². The second-order valence-electron chi connectivity index (χ2n) is 4.11. The first kappa shape index (κ1) is 12.5. The van der Waals surface area contributed by atoms with Crippen LogP contribution in [0.5, 0.6) is 0 Å². The molecule has 2 aromatic heterocycles. The monoisotopic (exact) mass is 294 g/mol. The van der Waals surface area contributed by atoms with Crippen molar-refractivity contribution in [3.63, 3.8) is 0 Å². The number of aryl methyl sites for hydroxylation is 1. The zero-order valence-corrected chi connectivity index (χ0v) is 12.0. The van der Waals surface area contributed by atoms with Crippen molar-refractivity contribution in [2.75, 3.05) is 7.11 Å². The lowest BCUT2D eigenvalue weighted by molar-refractivity contribution is 0.176. The van der Waals surface area contributed by atoms with Gasteiger partial charge in [0.2, 0.25) is 4.96 Å². The molecule has 0 atom stereocenters. The summed E-state index contributed by atoms with van der Waals surface area (Å²) in [6, 6.07) is 5.90. The number of rotatable bonds is 3. The fourth-order valence-corrected chi connectivity index (χ4v) is 2.75. The number of hydrogen-bond acceptors (Lipinski definition) is 5. The van der Waals surface area contributed by atoms with E-state index in [0.29, 0.717) is 12.4 Å². The van der Waals surface area contributed by atoms with Gasteiger partial charge in [-0.2, -0.15) is 9.61 Å². The number of methoxy groups -OCH3 is 1. The van der Waals surface area contributed by atoms with Crippen molar-refractivity contribution in [2.24, 2.45) is 0 Å². The molecule has 0 radical (unpaired) electrons. The summed E-state index contributed by atoms with van der Waals surface area (Å²) in [6.45, 7) is 2.36. The second-order valence-corrected chi connectivity index (χ2v) is 5.48. The molecule has 0 amide bonds. The van der Waals surface area contributed by atoms with E-state index in [0.717, 1.165) is 26.1 Å². The average Bonchev–Trinajstić information content (AvgIpc) is 2.95. The number of ether oxygens (including phenoxy) is 1. The predicted molar refractivity (Wildman–Crippen MR) is 74.6 cm³/mol. The molecular formula is C12H11ClN4OS. The van der Waals surface area contributed by atoms with Gasteiger partial charge in [0.15, 0.2) is 5.82 Å². The zero-order valence-electron chi connectivity index (χ0n) is 10.4. The Hall–Kier alpha value is -1.50. The van der Waals surface area contributed by atoms with E-state index >= 15 is 0 Å². The van der Waals surface area contributed by atoms with E-state index in [1.807, 2.05) is 25.1 Å². The first-order valence-electron chi connectivity index (χ1n) is 5.65. The Balaban J connectivity index is 2.07. The van der Waals surface area contributed by atoms with Gasteiger partial charge in [-0.1, -0.05) is 35.1 Å². The van der Waals surface area contributed by atoms with Gasteiger partial charge in [0.05, 0.1) is 0 Å². The van der Waals surface area contributed by atoms with Crippen LogP contribution in [0.3, 0.4) is 0 Å². The van der Waals surface area contributed by atoms with Gasteiger partial charge in [0.1, 0.15) is 11.6 Å². The molecule has 0 aliphatic heterocycles. The maximum atomic E-state index is 6.14. The summed E-state index contributed by atoms with van der Waals surface area (Å²) in [5.41, 5.74) is 2.03. The summed E-state index contributed by atoms with van der Waals surface area (Å²) in [4.78, 5) is 0.749. The van der Waals surface area contributed by atoms with Crippen LogP contribution in [0.4, 0.5) is 0 Å². The molecule has 0 aliphatic carbocycles. The van der Waals surface area contributed by atoms with E-state index in [4.69, 9.17) is 16.3 Å². The first-order valence-corrected chi connectivity index (χ1v) is 6.85. The summed E-state index contributed by atoms with van der Waals surface area (Å²) in [6.07, 6.45) is 0. The molecule has 0 aliphatic rings. The molecule has 98 valence electrons. The molecule has 2 heterocycles. The van der Waals surface area contributed by atoms with E-state index < -0.39 is 0 Å². The van der Waals surface area contributed by atoms with E-state index in [1.165, 1.54) is 11.3 Å². The molecule has 3 aromatic rings. The van der Waals surface area contributed by atoms with Gasteiger partial charge in [0, 0.05) is 17.7 Å². The molecule has 0 N–H and O–H groups in total.